The minimum absolute atomic E-state index is 0.0365. The molecule has 0 amide bonds. The quantitative estimate of drug-likeness (QED) is 0.531. The third-order valence-electron chi connectivity index (χ3n) is 3.54. The fourth-order valence-corrected chi connectivity index (χ4v) is 2.91. The SMILES string of the molecule is C=C(N)N=C(/C(C#Cc1ccc(N)nc1)=C(/C)N)c1cccc(S(C)(=O)=O)c1. The highest BCUT2D eigenvalue weighted by atomic mass is 32.2. The van der Waals surface area contributed by atoms with Crippen LogP contribution in [0.25, 0.3) is 0 Å². The number of nitrogen functional groups attached to an aromatic ring is 1. The molecule has 0 radical (unpaired) electrons. The van der Waals surface area contributed by atoms with Gasteiger partial charge in [0.05, 0.1) is 16.2 Å². The first-order chi connectivity index (χ1) is 13.1. The summed E-state index contributed by atoms with van der Waals surface area (Å²) < 4.78 is 23.8. The Labute approximate surface area is 164 Å². The van der Waals surface area contributed by atoms with Gasteiger partial charge in [0.25, 0.3) is 0 Å². The summed E-state index contributed by atoms with van der Waals surface area (Å²) in [5, 5.41) is 0. The van der Waals surface area contributed by atoms with E-state index >= 15 is 0 Å². The zero-order chi connectivity index (χ0) is 20.9. The van der Waals surface area contributed by atoms with E-state index in [0.29, 0.717) is 33.9 Å². The van der Waals surface area contributed by atoms with Crippen LogP contribution in [0.15, 0.2) is 76.2 Å². The van der Waals surface area contributed by atoms with Crippen molar-refractivity contribution in [2.24, 2.45) is 16.5 Å². The van der Waals surface area contributed by atoms with Gasteiger partial charge in [-0.15, -0.1) is 0 Å². The zero-order valence-corrected chi connectivity index (χ0v) is 16.4. The lowest BCUT2D eigenvalue weighted by atomic mass is 10.0. The van der Waals surface area contributed by atoms with Crippen LogP contribution in [0, 0.1) is 11.8 Å². The molecular formula is C20H21N5O2S. The van der Waals surface area contributed by atoms with Gasteiger partial charge in [-0.1, -0.05) is 30.6 Å². The van der Waals surface area contributed by atoms with Crippen LogP contribution in [0.5, 0.6) is 0 Å². The van der Waals surface area contributed by atoms with Crippen molar-refractivity contribution in [3.8, 4) is 11.8 Å². The number of allylic oxidation sites excluding steroid dienone is 2. The lowest BCUT2D eigenvalue weighted by Crippen LogP contribution is -2.12. The number of nitrogens with two attached hydrogens (primary N) is 3. The molecule has 0 aliphatic heterocycles. The molecule has 28 heavy (non-hydrogen) atoms. The molecule has 0 aliphatic carbocycles. The molecule has 6 N–H and O–H groups in total. The highest BCUT2D eigenvalue weighted by molar-refractivity contribution is 7.90. The maximum absolute atomic E-state index is 11.9. The monoisotopic (exact) mass is 395 g/mol. The molecule has 1 aromatic carbocycles. The summed E-state index contributed by atoms with van der Waals surface area (Å²) in [7, 11) is -3.40. The van der Waals surface area contributed by atoms with Crippen LogP contribution in [0.3, 0.4) is 0 Å². The maximum Gasteiger partial charge on any atom is 0.175 e. The molecule has 0 unspecified atom stereocenters. The molecule has 0 aliphatic rings. The number of hydrogen-bond acceptors (Lipinski definition) is 7. The number of nitrogens with zero attached hydrogens (tertiary/aromatic N) is 2. The molecule has 0 bridgehead atoms. The Kier molecular flexibility index (Phi) is 6.23. The smallest absolute Gasteiger partial charge is 0.175 e. The number of pyridine rings is 1. The Morgan fingerprint density at radius 1 is 1.21 bits per heavy atom. The Hall–Kier alpha value is -3.57. The van der Waals surface area contributed by atoms with Crippen molar-refractivity contribution < 1.29 is 8.42 Å². The van der Waals surface area contributed by atoms with Crippen LogP contribution in [-0.2, 0) is 9.84 Å². The second-order valence-corrected chi connectivity index (χ2v) is 8.05. The minimum Gasteiger partial charge on any atom is -0.401 e. The van der Waals surface area contributed by atoms with Crippen LogP contribution < -0.4 is 17.2 Å². The van der Waals surface area contributed by atoms with Crippen LogP contribution >= 0.6 is 0 Å². The topological polar surface area (TPSA) is 137 Å². The standard InChI is InChI=1S/C20H21N5O2S/c1-13(21)18(9-7-15-8-10-19(23)24-12-15)20(25-14(2)22)16-5-4-6-17(11-16)28(3,26)27/h4-6,8,10-12H,2,21-22H2,1,3H3,(H2,23,24)/b18-13-,25-20?. The maximum atomic E-state index is 11.9. The van der Waals surface area contributed by atoms with E-state index < -0.39 is 9.84 Å². The first-order valence-electron chi connectivity index (χ1n) is 8.12. The molecule has 0 spiro atoms. The van der Waals surface area contributed by atoms with E-state index in [2.05, 4.69) is 28.4 Å². The molecule has 2 rings (SSSR count). The number of benzene rings is 1. The van der Waals surface area contributed by atoms with E-state index in [0.717, 1.165) is 6.26 Å². The number of hydrogen-bond donors (Lipinski definition) is 3. The Morgan fingerprint density at radius 3 is 2.46 bits per heavy atom. The van der Waals surface area contributed by atoms with Gasteiger partial charge in [-0.2, -0.15) is 0 Å². The summed E-state index contributed by atoms with van der Waals surface area (Å²) in [5.74, 6) is 6.33. The summed E-state index contributed by atoms with van der Waals surface area (Å²) in [6, 6.07) is 9.66. The average molecular weight is 395 g/mol. The summed E-state index contributed by atoms with van der Waals surface area (Å²) in [4.78, 5) is 8.38. The van der Waals surface area contributed by atoms with E-state index in [-0.39, 0.29) is 10.7 Å². The molecule has 1 heterocycles. The van der Waals surface area contributed by atoms with Gasteiger partial charge in [0.1, 0.15) is 11.6 Å². The molecule has 0 fully saturated rings. The summed E-state index contributed by atoms with van der Waals surface area (Å²) in [6.07, 6.45) is 2.67. The van der Waals surface area contributed by atoms with E-state index in [1.807, 2.05) is 0 Å². The Bertz CT molecular complexity index is 1130. The van der Waals surface area contributed by atoms with Crippen LogP contribution in [0.1, 0.15) is 18.1 Å². The first kappa shape index (κ1) is 20.7. The van der Waals surface area contributed by atoms with E-state index in [4.69, 9.17) is 17.2 Å². The average Bonchev–Trinajstić information content (AvgIpc) is 2.61. The molecule has 0 saturated carbocycles. The summed E-state index contributed by atoms with van der Waals surface area (Å²) in [6.45, 7) is 5.27. The summed E-state index contributed by atoms with van der Waals surface area (Å²) >= 11 is 0. The highest BCUT2D eigenvalue weighted by Crippen LogP contribution is 2.17. The predicted molar refractivity (Wildman–Crippen MR) is 112 cm³/mol. The van der Waals surface area contributed by atoms with Crippen molar-refractivity contribution in [1.82, 2.24) is 4.98 Å². The van der Waals surface area contributed by atoms with Gasteiger partial charge in [-0.05, 0) is 31.2 Å². The normalized spacial score (nSPS) is 12.6. The fraction of sp³-hybridized carbons (Fsp3) is 0.100. The van der Waals surface area contributed by atoms with Crippen LogP contribution in [0.2, 0.25) is 0 Å². The molecule has 7 nitrogen and oxygen atoms in total. The van der Waals surface area contributed by atoms with Crippen molar-refractivity contribution in [1.29, 1.82) is 0 Å². The molecule has 8 heteroatoms. The lowest BCUT2D eigenvalue weighted by molar-refractivity contribution is 0.602. The van der Waals surface area contributed by atoms with Gasteiger partial charge in [-0.25, -0.2) is 18.4 Å². The van der Waals surface area contributed by atoms with E-state index in [9.17, 15) is 8.42 Å². The third kappa shape index (κ3) is 5.46. The number of aliphatic imine (C=N–C) groups is 1. The van der Waals surface area contributed by atoms with Gasteiger partial charge in [0.15, 0.2) is 9.84 Å². The van der Waals surface area contributed by atoms with Crippen molar-refractivity contribution >= 4 is 21.4 Å². The fourth-order valence-electron chi connectivity index (χ4n) is 2.24. The van der Waals surface area contributed by atoms with Crippen LogP contribution in [-0.4, -0.2) is 25.4 Å². The van der Waals surface area contributed by atoms with Gasteiger partial charge in [0, 0.05) is 29.3 Å². The van der Waals surface area contributed by atoms with Crippen molar-refractivity contribution in [2.75, 3.05) is 12.0 Å². The van der Waals surface area contributed by atoms with Gasteiger partial charge < -0.3 is 17.2 Å². The molecule has 0 saturated heterocycles. The van der Waals surface area contributed by atoms with Crippen LogP contribution in [0.4, 0.5) is 5.82 Å². The minimum atomic E-state index is -3.40. The first-order valence-corrected chi connectivity index (χ1v) is 10.0. The van der Waals surface area contributed by atoms with Gasteiger partial charge >= 0.3 is 0 Å². The third-order valence-corrected chi connectivity index (χ3v) is 4.65. The van der Waals surface area contributed by atoms with Crippen molar-refractivity contribution in [3.05, 3.63) is 77.4 Å². The lowest BCUT2D eigenvalue weighted by Gasteiger charge is -2.10. The number of rotatable bonds is 4. The molecule has 2 aromatic rings. The second-order valence-electron chi connectivity index (χ2n) is 6.03. The number of sulfone groups is 1. The second kappa shape index (κ2) is 8.41. The Balaban J connectivity index is 2.62. The van der Waals surface area contributed by atoms with Crippen molar-refractivity contribution in [2.45, 2.75) is 11.8 Å². The molecule has 144 valence electrons. The largest absolute Gasteiger partial charge is 0.401 e. The van der Waals surface area contributed by atoms with Gasteiger partial charge in [-0.3, -0.25) is 0 Å². The molecule has 0 atom stereocenters. The predicted octanol–water partition coefficient (Wildman–Crippen LogP) is 1.57. The van der Waals surface area contributed by atoms with E-state index in [1.54, 1.807) is 31.2 Å². The van der Waals surface area contributed by atoms with E-state index in [1.165, 1.54) is 18.3 Å². The Morgan fingerprint density at radius 2 is 1.93 bits per heavy atom. The number of anilines is 1. The summed E-state index contributed by atoms with van der Waals surface area (Å²) in [5.41, 5.74) is 19.5. The zero-order valence-electron chi connectivity index (χ0n) is 15.6. The highest BCUT2D eigenvalue weighted by Gasteiger charge is 2.15. The molecule has 1 aromatic heterocycles. The van der Waals surface area contributed by atoms with Crippen molar-refractivity contribution in [3.63, 3.8) is 0 Å². The molecular weight excluding hydrogens is 374 g/mol. The van der Waals surface area contributed by atoms with Gasteiger partial charge in [0.2, 0.25) is 0 Å². The number of aromatic nitrogens is 1.